The number of hydrogen-bond donors (Lipinski definition) is 1. The smallest absolute Gasteiger partial charge is 0.244 e. The first kappa shape index (κ1) is 13.5. The van der Waals surface area contributed by atoms with Gasteiger partial charge in [0.2, 0.25) is 11.7 Å². The Morgan fingerprint density at radius 3 is 2.83 bits per heavy atom. The van der Waals surface area contributed by atoms with Crippen molar-refractivity contribution in [2.75, 3.05) is 13.2 Å². The second-order valence-corrected chi connectivity index (χ2v) is 5.17. The Morgan fingerprint density at radius 1 is 1.50 bits per heavy atom. The predicted molar refractivity (Wildman–Crippen MR) is 68.1 cm³/mol. The molecule has 2 rings (SSSR count). The van der Waals surface area contributed by atoms with E-state index in [9.17, 15) is 0 Å². The predicted octanol–water partition coefficient (Wildman–Crippen LogP) is 2.40. The first-order valence-corrected chi connectivity index (χ1v) is 6.82. The summed E-state index contributed by atoms with van der Waals surface area (Å²) >= 11 is 0. The molecule has 3 unspecified atom stereocenters. The Morgan fingerprint density at radius 2 is 2.28 bits per heavy atom. The van der Waals surface area contributed by atoms with Gasteiger partial charge in [0, 0.05) is 6.61 Å². The summed E-state index contributed by atoms with van der Waals surface area (Å²) in [6.45, 7) is 9.93. The highest BCUT2D eigenvalue weighted by molar-refractivity contribution is 5.03. The van der Waals surface area contributed by atoms with Gasteiger partial charge in [-0.05, 0) is 39.2 Å². The Bertz CT molecular complexity index is 393. The van der Waals surface area contributed by atoms with Crippen LogP contribution in [-0.2, 0) is 10.3 Å². The summed E-state index contributed by atoms with van der Waals surface area (Å²) < 4.78 is 11.2. The fourth-order valence-electron chi connectivity index (χ4n) is 2.38. The third-order valence-electron chi connectivity index (χ3n) is 3.85. The summed E-state index contributed by atoms with van der Waals surface area (Å²) in [5.41, 5.74) is -0.446. The summed E-state index contributed by atoms with van der Waals surface area (Å²) in [6, 6.07) is 0.189. The molecule has 0 radical (unpaired) electrons. The molecule has 3 atom stereocenters. The van der Waals surface area contributed by atoms with Crippen LogP contribution < -0.4 is 5.32 Å². The molecule has 1 aliphatic heterocycles. The minimum atomic E-state index is -0.446. The van der Waals surface area contributed by atoms with Crippen molar-refractivity contribution in [3.8, 4) is 0 Å². The second-order valence-electron chi connectivity index (χ2n) is 5.17. The summed E-state index contributed by atoms with van der Waals surface area (Å²) in [6.07, 6.45) is 1.98. The van der Waals surface area contributed by atoms with Crippen LogP contribution >= 0.6 is 0 Å². The molecule has 0 saturated carbocycles. The Balaban J connectivity index is 2.18. The molecule has 1 fully saturated rings. The summed E-state index contributed by atoms with van der Waals surface area (Å²) in [5, 5.41) is 7.51. The van der Waals surface area contributed by atoms with Crippen LogP contribution in [0.4, 0.5) is 0 Å². The lowest BCUT2D eigenvalue weighted by Gasteiger charge is -2.23. The van der Waals surface area contributed by atoms with Crippen LogP contribution in [0.2, 0.25) is 0 Å². The van der Waals surface area contributed by atoms with Crippen LogP contribution in [0.1, 0.15) is 58.3 Å². The van der Waals surface area contributed by atoms with E-state index in [4.69, 9.17) is 9.26 Å². The molecule has 5 nitrogen and oxygen atoms in total. The van der Waals surface area contributed by atoms with E-state index >= 15 is 0 Å². The van der Waals surface area contributed by atoms with Crippen molar-refractivity contribution in [3.63, 3.8) is 0 Å². The highest BCUT2D eigenvalue weighted by Gasteiger charge is 2.34. The second kappa shape index (κ2) is 5.36. The zero-order valence-electron chi connectivity index (χ0n) is 11.7. The minimum Gasteiger partial charge on any atom is -0.367 e. The first-order valence-electron chi connectivity index (χ1n) is 6.82. The Labute approximate surface area is 108 Å². The largest absolute Gasteiger partial charge is 0.367 e. The van der Waals surface area contributed by atoms with Gasteiger partial charge < -0.3 is 14.6 Å². The van der Waals surface area contributed by atoms with Gasteiger partial charge in [0.1, 0.15) is 5.60 Å². The number of rotatable bonds is 5. The zero-order valence-corrected chi connectivity index (χ0v) is 11.7. The van der Waals surface area contributed by atoms with Gasteiger partial charge in [-0.2, -0.15) is 4.98 Å². The molecule has 1 N–H and O–H groups in total. The molecule has 5 heteroatoms. The van der Waals surface area contributed by atoms with Crippen molar-refractivity contribution < 1.29 is 9.26 Å². The van der Waals surface area contributed by atoms with E-state index in [1.165, 1.54) is 0 Å². The number of ether oxygens (including phenoxy) is 1. The molecule has 2 heterocycles. The van der Waals surface area contributed by atoms with Gasteiger partial charge in [0.25, 0.3) is 0 Å². The van der Waals surface area contributed by atoms with Gasteiger partial charge >= 0.3 is 0 Å². The quantitative estimate of drug-likeness (QED) is 0.873. The maximum atomic E-state index is 5.76. The van der Waals surface area contributed by atoms with Crippen molar-refractivity contribution in [1.29, 1.82) is 0 Å². The van der Waals surface area contributed by atoms with Crippen LogP contribution in [0.3, 0.4) is 0 Å². The van der Waals surface area contributed by atoms with Gasteiger partial charge in [-0.25, -0.2) is 0 Å². The Kier molecular flexibility index (Phi) is 4.02. The van der Waals surface area contributed by atoms with E-state index in [1.54, 1.807) is 0 Å². The molecule has 0 bridgehead atoms. The highest BCUT2D eigenvalue weighted by atomic mass is 16.5. The SMILES string of the molecule is CCOC(C)(CC)c1noc(C2NCCC2C)n1. The maximum Gasteiger partial charge on any atom is 0.244 e. The minimum absolute atomic E-state index is 0.189. The summed E-state index contributed by atoms with van der Waals surface area (Å²) in [7, 11) is 0. The molecule has 1 aliphatic rings. The first-order chi connectivity index (χ1) is 8.60. The molecular formula is C13H23N3O2. The third kappa shape index (κ3) is 2.42. The molecule has 18 heavy (non-hydrogen) atoms. The monoisotopic (exact) mass is 253 g/mol. The van der Waals surface area contributed by atoms with E-state index in [0.717, 1.165) is 19.4 Å². The molecule has 0 aliphatic carbocycles. The average molecular weight is 253 g/mol. The Hall–Kier alpha value is -0.940. The van der Waals surface area contributed by atoms with E-state index < -0.39 is 5.60 Å². The molecular weight excluding hydrogens is 230 g/mol. The van der Waals surface area contributed by atoms with E-state index in [0.29, 0.717) is 24.2 Å². The zero-order chi connectivity index (χ0) is 13.2. The number of nitrogens with zero attached hydrogens (tertiary/aromatic N) is 2. The molecule has 1 aromatic rings. The van der Waals surface area contributed by atoms with Crippen molar-refractivity contribution in [1.82, 2.24) is 15.5 Å². The number of aromatic nitrogens is 2. The van der Waals surface area contributed by atoms with Crippen molar-refractivity contribution in [2.24, 2.45) is 5.92 Å². The van der Waals surface area contributed by atoms with Crippen LogP contribution in [-0.4, -0.2) is 23.3 Å². The third-order valence-corrected chi connectivity index (χ3v) is 3.85. The lowest BCUT2D eigenvalue weighted by Crippen LogP contribution is -2.27. The van der Waals surface area contributed by atoms with Crippen LogP contribution in [0.5, 0.6) is 0 Å². The van der Waals surface area contributed by atoms with Crippen LogP contribution in [0.25, 0.3) is 0 Å². The van der Waals surface area contributed by atoms with Crippen molar-refractivity contribution in [2.45, 2.75) is 52.2 Å². The van der Waals surface area contributed by atoms with Gasteiger partial charge in [-0.15, -0.1) is 0 Å². The molecule has 1 saturated heterocycles. The fraction of sp³-hybridized carbons (Fsp3) is 0.846. The van der Waals surface area contributed by atoms with E-state index in [1.807, 2.05) is 13.8 Å². The van der Waals surface area contributed by atoms with E-state index in [-0.39, 0.29) is 6.04 Å². The van der Waals surface area contributed by atoms with Crippen LogP contribution in [0, 0.1) is 5.92 Å². The topological polar surface area (TPSA) is 60.2 Å². The molecule has 0 amide bonds. The lowest BCUT2D eigenvalue weighted by molar-refractivity contribution is -0.0403. The average Bonchev–Trinajstić information content (AvgIpc) is 2.97. The fourth-order valence-corrected chi connectivity index (χ4v) is 2.38. The van der Waals surface area contributed by atoms with Gasteiger partial charge in [-0.1, -0.05) is 19.0 Å². The summed E-state index contributed by atoms with van der Waals surface area (Å²) in [4.78, 5) is 4.54. The standard InChI is InChI=1S/C13H23N3O2/c1-5-13(4,17-6-2)12-15-11(18-16-12)10-9(3)7-8-14-10/h9-10,14H,5-8H2,1-4H3. The molecule has 1 aromatic heterocycles. The molecule has 102 valence electrons. The normalized spacial score (nSPS) is 27.3. The van der Waals surface area contributed by atoms with Crippen LogP contribution in [0.15, 0.2) is 4.52 Å². The number of nitrogens with one attached hydrogen (secondary N) is 1. The number of hydrogen-bond acceptors (Lipinski definition) is 5. The highest BCUT2D eigenvalue weighted by Crippen LogP contribution is 2.31. The maximum absolute atomic E-state index is 5.76. The summed E-state index contributed by atoms with van der Waals surface area (Å²) in [5.74, 6) is 1.88. The van der Waals surface area contributed by atoms with Crippen molar-refractivity contribution >= 4 is 0 Å². The van der Waals surface area contributed by atoms with E-state index in [2.05, 4.69) is 29.3 Å². The van der Waals surface area contributed by atoms with Crippen molar-refractivity contribution in [3.05, 3.63) is 11.7 Å². The molecule has 0 aromatic carbocycles. The lowest BCUT2D eigenvalue weighted by atomic mass is 10.0. The van der Waals surface area contributed by atoms with Gasteiger partial charge in [0.15, 0.2) is 0 Å². The van der Waals surface area contributed by atoms with Gasteiger partial charge in [0.05, 0.1) is 6.04 Å². The molecule has 0 spiro atoms. The van der Waals surface area contributed by atoms with Gasteiger partial charge in [-0.3, -0.25) is 0 Å².